The fourth-order valence-corrected chi connectivity index (χ4v) is 3.02. The molecule has 2 heterocycles. The van der Waals surface area contributed by atoms with Crippen LogP contribution in [0.15, 0.2) is 50.8 Å². The van der Waals surface area contributed by atoms with Gasteiger partial charge in [-0.2, -0.15) is 0 Å². The molecule has 0 aliphatic heterocycles. The van der Waals surface area contributed by atoms with E-state index < -0.39 is 0 Å². The van der Waals surface area contributed by atoms with Gasteiger partial charge < -0.3 is 9.84 Å². The molecule has 0 spiro atoms. The fourth-order valence-electron chi connectivity index (χ4n) is 2.11. The topological polar surface area (TPSA) is 55.1 Å². The largest absolute Gasteiger partial charge is 0.360 e. The zero-order valence-corrected chi connectivity index (χ0v) is 14.2. The summed E-state index contributed by atoms with van der Waals surface area (Å²) >= 11 is 5.01. The summed E-state index contributed by atoms with van der Waals surface area (Å²) < 4.78 is 6.19. The smallest absolute Gasteiger partial charge is 0.257 e. The van der Waals surface area contributed by atoms with Crippen LogP contribution in [0.5, 0.6) is 0 Å². The van der Waals surface area contributed by atoms with Crippen molar-refractivity contribution in [1.29, 1.82) is 0 Å². The van der Waals surface area contributed by atoms with Crippen molar-refractivity contribution in [3.63, 3.8) is 0 Å². The van der Waals surface area contributed by atoms with Gasteiger partial charge in [-0.15, -0.1) is 11.3 Å². The van der Waals surface area contributed by atoms with Crippen molar-refractivity contribution < 1.29 is 9.32 Å². The molecule has 0 saturated heterocycles. The number of hydrogen-bond donors (Lipinski definition) is 1. The number of amides is 1. The third kappa shape index (κ3) is 3.13. The van der Waals surface area contributed by atoms with Crippen molar-refractivity contribution in [1.82, 2.24) is 10.5 Å². The molecule has 3 rings (SSSR count). The van der Waals surface area contributed by atoms with Gasteiger partial charge in [0, 0.05) is 14.9 Å². The van der Waals surface area contributed by atoms with Gasteiger partial charge in [0.15, 0.2) is 0 Å². The van der Waals surface area contributed by atoms with Gasteiger partial charge in [-0.25, -0.2) is 0 Å². The van der Waals surface area contributed by atoms with Gasteiger partial charge in [0.1, 0.15) is 17.0 Å². The fraction of sp³-hybridized carbons (Fsp3) is 0.125. The van der Waals surface area contributed by atoms with Gasteiger partial charge in [0.2, 0.25) is 0 Å². The quantitative estimate of drug-likeness (QED) is 0.733. The summed E-state index contributed by atoms with van der Waals surface area (Å²) in [6, 6.07) is 11.6. The Morgan fingerprint density at radius 1 is 1.32 bits per heavy atom. The number of rotatable bonds is 4. The maximum atomic E-state index is 12.5. The molecule has 3 aromatic rings. The van der Waals surface area contributed by atoms with Crippen LogP contribution in [-0.2, 0) is 6.54 Å². The molecule has 1 aromatic carbocycles. The van der Waals surface area contributed by atoms with Gasteiger partial charge in [0.05, 0.1) is 6.54 Å². The number of aromatic nitrogens is 1. The second kappa shape index (κ2) is 6.46. The number of thiophene rings is 1. The SMILES string of the molecule is Cc1onc(-c2ccc(Br)cc2)c1C(=O)NCc1cccs1. The Morgan fingerprint density at radius 3 is 2.77 bits per heavy atom. The first-order chi connectivity index (χ1) is 10.6. The number of halogens is 1. The predicted molar refractivity (Wildman–Crippen MR) is 89.9 cm³/mol. The summed E-state index contributed by atoms with van der Waals surface area (Å²) in [4.78, 5) is 13.6. The Morgan fingerprint density at radius 2 is 2.09 bits per heavy atom. The molecule has 0 atom stereocenters. The highest BCUT2D eigenvalue weighted by Gasteiger charge is 2.21. The number of nitrogens with zero attached hydrogens (tertiary/aromatic N) is 1. The van der Waals surface area contributed by atoms with E-state index in [2.05, 4.69) is 26.4 Å². The normalized spacial score (nSPS) is 10.6. The number of carbonyl (C=O) groups excluding carboxylic acids is 1. The third-order valence-corrected chi connectivity index (χ3v) is 4.62. The average Bonchev–Trinajstić information content (AvgIpc) is 3.15. The van der Waals surface area contributed by atoms with Crippen LogP contribution in [0.3, 0.4) is 0 Å². The Kier molecular flexibility index (Phi) is 4.40. The van der Waals surface area contributed by atoms with E-state index in [1.807, 2.05) is 41.8 Å². The molecule has 0 bridgehead atoms. The lowest BCUT2D eigenvalue weighted by Gasteiger charge is -2.05. The summed E-state index contributed by atoms with van der Waals surface area (Å²) in [5.41, 5.74) is 1.90. The van der Waals surface area contributed by atoms with Gasteiger partial charge in [-0.3, -0.25) is 4.79 Å². The van der Waals surface area contributed by atoms with Crippen LogP contribution >= 0.6 is 27.3 Å². The Balaban J connectivity index is 1.85. The first-order valence-electron chi connectivity index (χ1n) is 6.68. The molecule has 0 aliphatic carbocycles. The number of aryl methyl sites for hydroxylation is 1. The summed E-state index contributed by atoms with van der Waals surface area (Å²) in [7, 11) is 0. The molecule has 0 unspecified atom stereocenters. The second-order valence-corrected chi connectivity index (χ2v) is 6.68. The van der Waals surface area contributed by atoms with E-state index in [0.29, 0.717) is 23.6 Å². The van der Waals surface area contributed by atoms with Crippen LogP contribution in [0.1, 0.15) is 21.0 Å². The number of nitrogens with one attached hydrogen (secondary N) is 1. The summed E-state index contributed by atoms with van der Waals surface area (Å²) in [6.07, 6.45) is 0. The van der Waals surface area contributed by atoms with Crippen molar-refractivity contribution in [2.24, 2.45) is 0 Å². The predicted octanol–water partition coefficient (Wildman–Crippen LogP) is 4.40. The Labute approximate surface area is 140 Å². The molecule has 6 heteroatoms. The van der Waals surface area contributed by atoms with Gasteiger partial charge in [-0.1, -0.05) is 39.3 Å². The average molecular weight is 377 g/mol. The van der Waals surface area contributed by atoms with Crippen LogP contribution in [0.4, 0.5) is 0 Å². The van der Waals surface area contributed by atoms with Crippen LogP contribution < -0.4 is 5.32 Å². The maximum Gasteiger partial charge on any atom is 0.257 e. The van der Waals surface area contributed by atoms with Crippen molar-refractivity contribution in [3.05, 3.63) is 62.5 Å². The maximum absolute atomic E-state index is 12.5. The standard InChI is InChI=1S/C16H13BrN2O2S/c1-10-14(16(20)18-9-13-3-2-8-22-13)15(19-21-10)11-4-6-12(17)7-5-11/h2-8H,9H2,1H3,(H,18,20). The van der Waals surface area contributed by atoms with E-state index in [-0.39, 0.29) is 5.91 Å². The highest BCUT2D eigenvalue weighted by atomic mass is 79.9. The van der Waals surface area contributed by atoms with E-state index in [9.17, 15) is 4.79 Å². The minimum absolute atomic E-state index is 0.176. The Bertz CT molecular complexity index is 779. The van der Waals surface area contributed by atoms with Crippen molar-refractivity contribution in [3.8, 4) is 11.3 Å². The Hall–Kier alpha value is -1.92. The van der Waals surface area contributed by atoms with E-state index in [4.69, 9.17) is 4.52 Å². The van der Waals surface area contributed by atoms with Crippen molar-refractivity contribution in [2.75, 3.05) is 0 Å². The molecule has 0 radical (unpaired) electrons. The lowest BCUT2D eigenvalue weighted by atomic mass is 10.1. The molecule has 2 aromatic heterocycles. The van der Waals surface area contributed by atoms with E-state index in [1.165, 1.54) is 0 Å². The molecule has 1 N–H and O–H groups in total. The van der Waals surface area contributed by atoms with Crippen LogP contribution in [0.25, 0.3) is 11.3 Å². The molecule has 0 fully saturated rings. The molecule has 0 aliphatic rings. The van der Waals surface area contributed by atoms with Gasteiger partial charge in [0.25, 0.3) is 5.91 Å². The monoisotopic (exact) mass is 376 g/mol. The first kappa shape index (κ1) is 15.0. The van der Waals surface area contributed by atoms with E-state index in [0.717, 1.165) is 14.9 Å². The summed E-state index contributed by atoms with van der Waals surface area (Å²) in [5.74, 6) is 0.340. The zero-order valence-electron chi connectivity index (χ0n) is 11.8. The highest BCUT2D eigenvalue weighted by molar-refractivity contribution is 9.10. The third-order valence-electron chi connectivity index (χ3n) is 3.21. The van der Waals surface area contributed by atoms with Crippen LogP contribution in [0.2, 0.25) is 0 Å². The molecular formula is C16H13BrN2O2S. The van der Waals surface area contributed by atoms with Gasteiger partial charge in [-0.05, 0) is 30.5 Å². The van der Waals surface area contributed by atoms with Crippen molar-refractivity contribution >= 4 is 33.2 Å². The second-order valence-electron chi connectivity index (χ2n) is 4.73. The van der Waals surface area contributed by atoms with Gasteiger partial charge >= 0.3 is 0 Å². The van der Waals surface area contributed by atoms with Crippen LogP contribution in [0, 0.1) is 6.92 Å². The number of benzene rings is 1. The molecular weight excluding hydrogens is 364 g/mol. The van der Waals surface area contributed by atoms with Crippen LogP contribution in [-0.4, -0.2) is 11.1 Å². The lowest BCUT2D eigenvalue weighted by Crippen LogP contribution is -2.23. The minimum Gasteiger partial charge on any atom is -0.360 e. The minimum atomic E-state index is -0.176. The van der Waals surface area contributed by atoms with Crippen molar-refractivity contribution in [2.45, 2.75) is 13.5 Å². The van der Waals surface area contributed by atoms with E-state index in [1.54, 1.807) is 18.3 Å². The first-order valence-corrected chi connectivity index (χ1v) is 8.35. The molecule has 1 amide bonds. The van der Waals surface area contributed by atoms with E-state index >= 15 is 0 Å². The number of hydrogen-bond acceptors (Lipinski definition) is 4. The lowest BCUT2D eigenvalue weighted by molar-refractivity contribution is 0.0950. The summed E-state index contributed by atoms with van der Waals surface area (Å²) in [6.45, 7) is 2.25. The number of carbonyl (C=O) groups is 1. The highest BCUT2D eigenvalue weighted by Crippen LogP contribution is 2.26. The molecule has 22 heavy (non-hydrogen) atoms. The summed E-state index contributed by atoms with van der Waals surface area (Å²) in [5, 5.41) is 8.93. The molecule has 112 valence electrons. The molecule has 0 saturated carbocycles. The molecule has 4 nitrogen and oxygen atoms in total. The zero-order chi connectivity index (χ0) is 15.5.